The molecule has 2 aromatic rings. The first kappa shape index (κ1) is 15.2. The van der Waals surface area contributed by atoms with Crippen molar-refractivity contribution in [1.82, 2.24) is 20.1 Å². The van der Waals surface area contributed by atoms with Gasteiger partial charge < -0.3 is 10.4 Å². The molecule has 2 aromatic heterocycles. The highest BCUT2D eigenvalue weighted by molar-refractivity contribution is 7.14. The number of aryl methyl sites for hydroxylation is 1. The van der Waals surface area contributed by atoms with Crippen LogP contribution >= 0.6 is 11.3 Å². The predicted octanol–water partition coefficient (Wildman–Crippen LogP) is 0.583. The molecular weight excluding hydrogens is 288 g/mol. The van der Waals surface area contributed by atoms with Crippen LogP contribution in [0.4, 0.5) is 0 Å². The third-order valence-corrected chi connectivity index (χ3v) is 3.56. The molecule has 0 atom stereocenters. The van der Waals surface area contributed by atoms with Crippen LogP contribution < -0.4 is 5.32 Å². The molecule has 110 valence electrons. The Morgan fingerprint density at radius 2 is 2.38 bits per heavy atom. The van der Waals surface area contributed by atoms with E-state index >= 15 is 0 Å². The van der Waals surface area contributed by atoms with Crippen LogP contribution in [0.15, 0.2) is 18.5 Å². The Morgan fingerprint density at radius 3 is 3.10 bits per heavy atom. The largest absolute Gasteiger partial charge is 0.395 e. The number of nitrogens with one attached hydrogen (secondary N) is 1. The summed E-state index contributed by atoms with van der Waals surface area (Å²) in [5, 5.41) is 15.6. The number of thiophene rings is 1. The van der Waals surface area contributed by atoms with Crippen molar-refractivity contribution >= 4 is 17.2 Å². The molecule has 2 N–H and O–H groups in total. The monoisotopic (exact) mass is 304 g/mol. The molecule has 0 saturated heterocycles. The number of amides is 1. The van der Waals surface area contributed by atoms with Crippen LogP contribution in [0.1, 0.15) is 26.8 Å². The normalized spacial score (nSPS) is 10.0. The van der Waals surface area contributed by atoms with E-state index in [0.717, 1.165) is 4.88 Å². The Balaban J connectivity index is 1.82. The molecule has 0 unspecified atom stereocenters. The summed E-state index contributed by atoms with van der Waals surface area (Å²) in [7, 11) is 1.81. The van der Waals surface area contributed by atoms with E-state index in [1.165, 1.54) is 11.3 Å². The summed E-state index contributed by atoms with van der Waals surface area (Å²) in [6, 6.07) is 3.56. The van der Waals surface area contributed by atoms with Crippen molar-refractivity contribution in [3.63, 3.8) is 0 Å². The summed E-state index contributed by atoms with van der Waals surface area (Å²) in [4.78, 5) is 17.5. The van der Waals surface area contributed by atoms with Crippen molar-refractivity contribution in [2.45, 2.75) is 12.8 Å². The van der Waals surface area contributed by atoms with Gasteiger partial charge in [0.25, 0.3) is 5.91 Å². The quantitative estimate of drug-likeness (QED) is 0.792. The van der Waals surface area contributed by atoms with E-state index in [1.54, 1.807) is 24.1 Å². The molecule has 0 spiro atoms. The van der Waals surface area contributed by atoms with E-state index in [-0.39, 0.29) is 12.5 Å². The summed E-state index contributed by atoms with van der Waals surface area (Å²) < 4.78 is 1.63. The van der Waals surface area contributed by atoms with Gasteiger partial charge in [0.1, 0.15) is 6.33 Å². The molecule has 7 heteroatoms. The number of aliphatic hydroxyl groups excluding tert-OH is 1. The number of rotatable bonds is 5. The molecule has 0 aliphatic rings. The maximum Gasteiger partial charge on any atom is 0.261 e. The summed E-state index contributed by atoms with van der Waals surface area (Å²) in [6.07, 6.45) is 2.67. The average molecular weight is 304 g/mol. The number of carbonyl (C=O) groups is 1. The molecule has 0 fully saturated rings. The third-order valence-electron chi connectivity index (χ3n) is 2.56. The van der Waals surface area contributed by atoms with Gasteiger partial charge in [0.2, 0.25) is 0 Å². The van der Waals surface area contributed by atoms with Gasteiger partial charge in [0.05, 0.1) is 16.4 Å². The summed E-state index contributed by atoms with van der Waals surface area (Å²) in [5.41, 5.74) is 0. The molecule has 0 saturated carbocycles. The van der Waals surface area contributed by atoms with Gasteiger partial charge in [0.15, 0.2) is 5.82 Å². The van der Waals surface area contributed by atoms with Gasteiger partial charge in [-0.3, -0.25) is 9.48 Å². The van der Waals surface area contributed by atoms with Gasteiger partial charge in [-0.15, -0.1) is 11.3 Å². The average Bonchev–Trinajstić information content (AvgIpc) is 3.08. The first-order valence-electron chi connectivity index (χ1n) is 6.51. The lowest BCUT2D eigenvalue weighted by Gasteiger charge is -2.00. The fourth-order valence-electron chi connectivity index (χ4n) is 1.61. The van der Waals surface area contributed by atoms with Crippen LogP contribution in [-0.2, 0) is 13.5 Å². The number of hydrogen-bond acceptors (Lipinski definition) is 5. The van der Waals surface area contributed by atoms with Crippen molar-refractivity contribution in [2.24, 2.45) is 7.05 Å². The summed E-state index contributed by atoms with van der Waals surface area (Å²) in [6.45, 7) is 0.541. The van der Waals surface area contributed by atoms with Gasteiger partial charge in [-0.25, -0.2) is 4.98 Å². The fraction of sp³-hybridized carbons (Fsp3) is 0.357. The molecule has 2 rings (SSSR count). The van der Waals surface area contributed by atoms with E-state index in [1.807, 2.05) is 6.07 Å². The van der Waals surface area contributed by atoms with E-state index in [0.29, 0.717) is 30.1 Å². The number of nitrogens with zero attached hydrogens (tertiary/aromatic N) is 3. The first-order valence-corrected chi connectivity index (χ1v) is 7.33. The second kappa shape index (κ2) is 7.57. The molecule has 1 amide bonds. The van der Waals surface area contributed by atoms with Gasteiger partial charge in [-0.05, 0) is 12.1 Å². The Morgan fingerprint density at radius 1 is 1.52 bits per heavy atom. The maximum absolute atomic E-state index is 11.9. The molecule has 0 radical (unpaired) electrons. The molecule has 0 aliphatic carbocycles. The van der Waals surface area contributed by atoms with Crippen LogP contribution in [0.25, 0.3) is 0 Å². The molecular formula is C14H16N4O2S. The lowest BCUT2D eigenvalue weighted by molar-refractivity contribution is 0.0958. The number of aromatic nitrogens is 3. The van der Waals surface area contributed by atoms with Gasteiger partial charge in [0, 0.05) is 26.4 Å². The summed E-state index contributed by atoms with van der Waals surface area (Å²) >= 11 is 1.34. The maximum atomic E-state index is 11.9. The van der Waals surface area contributed by atoms with Crippen LogP contribution in [-0.4, -0.2) is 38.9 Å². The fourth-order valence-corrected chi connectivity index (χ4v) is 2.40. The summed E-state index contributed by atoms with van der Waals surface area (Å²) in [5.74, 6) is 6.33. The number of aliphatic hydroxyl groups is 1. The molecule has 0 aromatic carbocycles. The minimum atomic E-state index is -0.119. The molecule has 0 aliphatic heterocycles. The van der Waals surface area contributed by atoms with Crippen LogP contribution in [0.5, 0.6) is 0 Å². The number of hydrogen-bond donors (Lipinski definition) is 2. The highest BCUT2D eigenvalue weighted by Gasteiger charge is 2.08. The Bertz CT molecular complexity index is 666. The van der Waals surface area contributed by atoms with E-state index in [2.05, 4.69) is 27.2 Å². The van der Waals surface area contributed by atoms with E-state index < -0.39 is 0 Å². The molecule has 6 nitrogen and oxygen atoms in total. The van der Waals surface area contributed by atoms with Crippen molar-refractivity contribution in [1.29, 1.82) is 0 Å². The highest BCUT2D eigenvalue weighted by atomic mass is 32.1. The lowest BCUT2D eigenvalue weighted by atomic mass is 10.3. The topological polar surface area (TPSA) is 80.0 Å². The molecule has 21 heavy (non-hydrogen) atoms. The molecule has 2 heterocycles. The van der Waals surface area contributed by atoms with Crippen molar-refractivity contribution in [2.75, 3.05) is 13.2 Å². The minimum absolute atomic E-state index is 0.0489. The Labute approximate surface area is 126 Å². The van der Waals surface area contributed by atoms with Crippen LogP contribution in [0.3, 0.4) is 0 Å². The van der Waals surface area contributed by atoms with E-state index in [4.69, 9.17) is 5.11 Å². The van der Waals surface area contributed by atoms with Crippen LogP contribution in [0, 0.1) is 11.8 Å². The second-order valence-electron chi connectivity index (χ2n) is 4.28. The highest BCUT2D eigenvalue weighted by Crippen LogP contribution is 2.15. The lowest BCUT2D eigenvalue weighted by Crippen LogP contribution is -2.25. The predicted molar refractivity (Wildman–Crippen MR) is 79.9 cm³/mol. The van der Waals surface area contributed by atoms with Crippen molar-refractivity contribution in [3.8, 4) is 11.8 Å². The standard InChI is InChI=1S/C14H16N4O2S/c1-18-10-16-13(17-18)7-8-15-14(20)12-6-5-11(21-12)4-2-3-9-19/h5-6,10,19H,3,7-9H2,1H3,(H,15,20). The smallest absolute Gasteiger partial charge is 0.261 e. The third kappa shape index (κ3) is 4.70. The second-order valence-corrected chi connectivity index (χ2v) is 5.36. The first-order chi connectivity index (χ1) is 10.2. The zero-order valence-electron chi connectivity index (χ0n) is 11.7. The SMILES string of the molecule is Cn1cnc(CCNC(=O)c2ccc(C#CCCO)s2)n1. The zero-order chi connectivity index (χ0) is 15.1. The van der Waals surface area contributed by atoms with Gasteiger partial charge in [-0.1, -0.05) is 11.8 Å². The van der Waals surface area contributed by atoms with Crippen molar-refractivity contribution < 1.29 is 9.90 Å². The van der Waals surface area contributed by atoms with Crippen molar-refractivity contribution in [3.05, 3.63) is 34.0 Å². The van der Waals surface area contributed by atoms with Gasteiger partial charge >= 0.3 is 0 Å². The zero-order valence-corrected chi connectivity index (χ0v) is 12.5. The Kier molecular flexibility index (Phi) is 5.49. The minimum Gasteiger partial charge on any atom is -0.395 e. The van der Waals surface area contributed by atoms with Gasteiger partial charge in [-0.2, -0.15) is 5.10 Å². The van der Waals surface area contributed by atoms with E-state index in [9.17, 15) is 4.79 Å². The molecule has 0 bridgehead atoms. The van der Waals surface area contributed by atoms with Crippen LogP contribution in [0.2, 0.25) is 0 Å². The number of carbonyl (C=O) groups excluding carboxylic acids is 1. The Hall–Kier alpha value is -2.17.